The smallest absolute Gasteiger partial charge is 0.201 e. The molecule has 0 aliphatic heterocycles. The highest BCUT2D eigenvalue weighted by Crippen LogP contribution is 2.28. The van der Waals surface area contributed by atoms with Gasteiger partial charge in [0.05, 0.1) is 0 Å². The molecule has 0 amide bonds. The van der Waals surface area contributed by atoms with Crippen LogP contribution in [0.4, 0.5) is 13.2 Å². The van der Waals surface area contributed by atoms with E-state index in [-0.39, 0.29) is 11.5 Å². The molecule has 5 heteroatoms. The van der Waals surface area contributed by atoms with Crippen molar-refractivity contribution in [2.45, 2.75) is 6.54 Å². The Morgan fingerprint density at radius 2 is 1.79 bits per heavy atom. The molecule has 0 aliphatic rings. The van der Waals surface area contributed by atoms with E-state index in [2.05, 4.69) is 5.32 Å². The summed E-state index contributed by atoms with van der Waals surface area (Å²) >= 11 is 0. The Kier molecular flexibility index (Phi) is 4.06. The van der Waals surface area contributed by atoms with Crippen molar-refractivity contribution in [1.82, 2.24) is 5.32 Å². The molecule has 0 bridgehead atoms. The fourth-order valence-corrected chi connectivity index (χ4v) is 1.62. The van der Waals surface area contributed by atoms with Gasteiger partial charge in [-0.05, 0) is 36.9 Å². The van der Waals surface area contributed by atoms with Crippen LogP contribution in [-0.2, 0) is 6.54 Å². The normalized spacial score (nSPS) is 10.5. The van der Waals surface area contributed by atoms with Crippen molar-refractivity contribution in [2.75, 3.05) is 7.05 Å². The number of rotatable bonds is 4. The summed E-state index contributed by atoms with van der Waals surface area (Å²) in [5.41, 5.74) is 0.729. The molecule has 0 heterocycles. The minimum Gasteiger partial charge on any atom is -0.451 e. The van der Waals surface area contributed by atoms with E-state index in [1.807, 2.05) is 0 Å². The van der Waals surface area contributed by atoms with Gasteiger partial charge in [-0.3, -0.25) is 0 Å². The molecule has 2 nitrogen and oxygen atoms in total. The molecule has 0 fully saturated rings. The van der Waals surface area contributed by atoms with E-state index in [0.717, 1.165) is 11.6 Å². The molecule has 0 aromatic heterocycles. The Hall–Kier alpha value is -2.01. The Morgan fingerprint density at radius 3 is 2.47 bits per heavy atom. The van der Waals surface area contributed by atoms with E-state index in [4.69, 9.17) is 4.74 Å². The maximum Gasteiger partial charge on any atom is 0.201 e. The van der Waals surface area contributed by atoms with E-state index in [1.54, 1.807) is 13.1 Å². The molecule has 0 spiro atoms. The first-order valence-electron chi connectivity index (χ1n) is 5.66. The first kappa shape index (κ1) is 13.4. The highest BCUT2D eigenvalue weighted by molar-refractivity contribution is 5.35. The van der Waals surface area contributed by atoms with Gasteiger partial charge in [0, 0.05) is 6.54 Å². The number of hydrogen-bond acceptors (Lipinski definition) is 2. The summed E-state index contributed by atoms with van der Waals surface area (Å²) in [4.78, 5) is 0. The Morgan fingerprint density at radius 1 is 1.00 bits per heavy atom. The summed E-state index contributed by atoms with van der Waals surface area (Å²) in [7, 11) is 1.74. The average molecular weight is 267 g/mol. The van der Waals surface area contributed by atoms with E-state index < -0.39 is 17.5 Å². The number of hydrogen-bond donors (Lipinski definition) is 1. The van der Waals surface area contributed by atoms with E-state index in [1.165, 1.54) is 24.3 Å². The minimum atomic E-state index is -1.14. The molecule has 0 unspecified atom stereocenters. The molecule has 2 rings (SSSR count). The van der Waals surface area contributed by atoms with Gasteiger partial charge in [-0.2, -0.15) is 4.39 Å². The lowest BCUT2D eigenvalue weighted by Crippen LogP contribution is -2.05. The van der Waals surface area contributed by atoms with Crippen molar-refractivity contribution in [1.29, 1.82) is 0 Å². The van der Waals surface area contributed by atoms with Crippen molar-refractivity contribution in [3.63, 3.8) is 0 Å². The third kappa shape index (κ3) is 3.06. The van der Waals surface area contributed by atoms with Crippen LogP contribution in [0.25, 0.3) is 0 Å². The first-order valence-corrected chi connectivity index (χ1v) is 5.66. The highest BCUT2D eigenvalue weighted by Gasteiger charge is 2.12. The van der Waals surface area contributed by atoms with Crippen LogP contribution in [-0.4, -0.2) is 7.05 Å². The molecule has 2 aromatic rings. The van der Waals surface area contributed by atoms with Gasteiger partial charge in [0.15, 0.2) is 23.1 Å². The minimum absolute atomic E-state index is 0.149. The molecule has 1 N–H and O–H groups in total. The van der Waals surface area contributed by atoms with Gasteiger partial charge in [0.2, 0.25) is 5.82 Å². The van der Waals surface area contributed by atoms with Gasteiger partial charge < -0.3 is 10.1 Å². The monoisotopic (exact) mass is 267 g/mol. The summed E-state index contributed by atoms with van der Waals surface area (Å²) in [5, 5.41) is 2.88. The van der Waals surface area contributed by atoms with Crippen LogP contribution in [0, 0.1) is 17.5 Å². The Balaban J connectivity index is 2.26. The summed E-state index contributed by atoms with van der Waals surface area (Å²) < 4.78 is 45.1. The van der Waals surface area contributed by atoms with Gasteiger partial charge in [-0.1, -0.05) is 12.1 Å². The van der Waals surface area contributed by atoms with Crippen LogP contribution >= 0.6 is 0 Å². The topological polar surface area (TPSA) is 21.3 Å². The lowest BCUT2D eigenvalue weighted by Gasteiger charge is -2.09. The fourth-order valence-electron chi connectivity index (χ4n) is 1.62. The molecule has 0 aliphatic carbocycles. The Bertz CT molecular complexity index is 587. The third-order valence-electron chi connectivity index (χ3n) is 2.51. The largest absolute Gasteiger partial charge is 0.451 e. The van der Waals surface area contributed by atoms with Crippen LogP contribution < -0.4 is 10.1 Å². The van der Waals surface area contributed by atoms with Crippen LogP contribution in [0.3, 0.4) is 0 Å². The van der Waals surface area contributed by atoms with E-state index >= 15 is 0 Å². The van der Waals surface area contributed by atoms with Crippen LogP contribution in [0.15, 0.2) is 36.4 Å². The number of nitrogens with one attached hydrogen (secondary N) is 1. The van der Waals surface area contributed by atoms with Crippen molar-refractivity contribution in [3.05, 3.63) is 59.4 Å². The summed E-state index contributed by atoms with van der Waals surface area (Å²) in [6.07, 6.45) is 0. The molecule has 0 saturated heterocycles. The zero-order valence-electron chi connectivity index (χ0n) is 10.2. The zero-order valence-corrected chi connectivity index (χ0v) is 10.2. The maximum absolute atomic E-state index is 13.7. The standard InChI is InChI=1S/C14H12F3NO/c1-18-8-9-5-6-12(11(16)7-9)19-13-4-2-3-10(15)14(13)17/h2-7,18H,8H2,1H3. The molecule has 2 aromatic carbocycles. The average Bonchev–Trinajstić information content (AvgIpc) is 2.38. The highest BCUT2D eigenvalue weighted by atomic mass is 19.2. The van der Waals surface area contributed by atoms with Crippen LogP contribution in [0.5, 0.6) is 11.5 Å². The van der Waals surface area contributed by atoms with E-state index in [0.29, 0.717) is 6.54 Å². The van der Waals surface area contributed by atoms with Gasteiger partial charge >= 0.3 is 0 Å². The second-order valence-corrected chi connectivity index (χ2v) is 3.95. The second kappa shape index (κ2) is 5.75. The SMILES string of the molecule is CNCc1ccc(Oc2cccc(F)c2F)c(F)c1. The predicted octanol–water partition coefficient (Wildman–Crippen LogP) is 3.62. The molecule has 0 radical (unpaired) electrons. The molecular formula is C14H12F3NO. The zero-order chi connectivity index (χ0) is 13.8. The molecule has 100 valence electrons. The predicted molar refractivity (Wildman–Crippen MR) is 65.6 cm³/mol. The van der Waals surface area contributed by atoms with Crippen molar-refractivity contribution in [3.8, 4) is 11.5 Å². The fraction of sp³-hybridized carbons (Fsp3) is 0.143. The van der Waals surface area contributed by atoms with Crippen molar-refractivity contribution < 1.29 is 17.9 Å². The van der Waals surface area contributed by atoms with Crippen molar-refractivity contribution >= 4 is 0 Å². The van der Waals surface area contributed by atoms with Gasteiger partial charge in [-0.15, -0.1) is 0 Å². The molecule has 19 heavy (non-hydrogen) atoms. The van der Waals surface area contributed by atoms with Crippen LogP contribution in [0.1, 0.15) is 5.56 Å². The lowest BCUT2D eigenvalue weighted by atomic mass is 10.2. The molecular weight excluding hydrogens is 255 g/mol. The lowest BCUT2D eigenvalue weighted by molar-refractivity contribution is 0.396. The number of halogens is 3. The molecule has 0 saturated carbocycles. The first-order chi connectivity index (χ1) is 9.11. The summed E-state index contributed by atoms with van der Waals surface area (Å²) in [5.74, 6) is -3.30. The molecule has 0 atom stereocenters. The van der Waals surface area contributed by atoms with Crippen molar-refractivity contribution in [2.24, 2.45) is 0 Å². The quantitative estimate of drug-likeness (QED) is 0.913. The third-order valence-corrected chi connectivity index (χ3v) is 2.51. The van der Waals surface area contributed by atoms with Gasteiger partial charge in [0.1, 0.15) is 0 Å². The van der Waals surface area contributed by atoms with Gasteiger partial charge in [-0.25, -0.2) is 8.78 Å². The summed E-state index contributed by atoms with van der Waals surface area (Å²) in [6.45, 7) is 0.505. The Labute approximate surface area is 108 Å². The van der Waals surface area contributed by atoms with Gasteiger partial charge in [0.25, 0.3) is 0 Å². The number of benzene rings is 2. The number of ether oxygens (including phenoxy) is 1. The van der Waals surface area contributed by atoms with Crippen LogP contribution in [0.2, 0.25) is 0 Å². The second-order valence-electron chi connectivity index (χ2n) is 3.95. The van der Waals surface area contributed by atoms with E-state index in [9.17, 15) is 13.2 Å². The maximum atomic E-state index is 13.7. The summed E-state index contributed by atoms with van der Waals surface area (Å²) in [6, 6.07) is 7.80.